The lowest BCUT2D eigenvalue weighted by Gasteiger charge is -2.19. The molecule has 1 unspecified atom stereocenters. The lowest BCUT2D eigenvalue weighted by Crippen LogP contribution is -2.25. The largest absolute Gasteiger partial charge is 0.305 e. The van der Waals surface area contributed by atoms with Gasteiger partial charge in [-0.3, -0.25) is 4.68 Å². The quantitative estimate of drug-likeness (QED) is 0.910. The molecule has 0 bridgehead atoms. The molecular weight excluding hydrogens is 266 g/mol. The summed E-state index contributed by atoms with van der Waals surface area (Å²) in [7, 11) is 1.93. The molecule has 0 saturated carbocycles. The van der Waals surface area contributed by atoms with Gasteiger partial charge in [-0.2, -0.15) is 16.4 Å². The Morgan fingerprint density at radius 3 is 2.78 bits per heavy atom. The number of halogens is 1. The van der Waals surface area contributed by atoms with Crippen LogP contribution in [0.25, 0.3) is 0 Å². The summed E-state index contributed by atoms with van der Waals surface area (Å²) in [6, 6.07) is 0.121. The van der Waals surface area contributed by atoms with E-state index in [9.17, 15) is 0 Å². The van der Waals surface area contributed by atoms with Gasteiger partial charge in [0.1, 0.15) is 0 Å². The molecule has 1 atom stereocenters. The van der Waals surface area contributed by atoms with E-state index < -0.39 is 0 Å². The molecule has 2 aromatic rings. The van der Waals surface area contributed by atoms with E-state index in [1.54, 1.807) is 17.5 Å². The summed E-state index contributed by atoms with van der Waals surface area (Å²) in [5.41, 5.74) is 3.62. The number of thiophene rings is 1. The van der Waals surface area contributed by atoms with Gasteiger partial charge in [0.15, 0.2) is 0 Å². The molecule has 0 saturated heterocycles. The summed E-state index contributed by atoms with van der Waals surface area (Å²) in [4.78, 5) is 0. The van der Waals surface area contributed by atoms with Crippen LogP contribution in [0.2, 0.25) is 5.02 Å². The second kappa shape index (κ2) is 5.87. The van der Waals surface area contributed by atoms with Crippen molar-refractivity contribution in [1.82, 2.24) is 15.1 Å². The molecule has 0 aliphatic heterocycles. The number of hydrogen-bond acceptors (Lipinski definition) is 3. The highest BCUT2D eigenvalue weighted by atomic mass is 35.5. The Labute approximate surface area is 117 Å². The summed E-state index contributed by atoms with van der Waals surface area (Å²) >= 11 is 7.99. The average Bonchev–Trinajstić information content (AvgIpc) is 2.90. The van der Waals surface area contributed by atoms with Crippen LogP contribution in [-0.4, -0.2) is 16.3 Å². The molecule has 18 heavy (non-hydrogen) atoms. The van der Waals surface area contributed by atoms with Crippen LogP contribution in [-0.2, 0) is 7.05 Å². The molecule has 2 heterocycles. The monoisotopic (exact) mass is 283 g/mol. The Bertz CT molecular complexity index is 499. The molecule has 0 aliphatic rings. The van der Waals surface area contributed by atoms with Crippen molar-refractivity contribution < 1.29 is 0 Å². The number of rotatable bonds is 5. The van der Waals surface area contributed by atoms with Crippen molar-refractivity contribution in [1.29, 1.82) is 0 Å². The van der Waals surface area contributed by atoms with Crippen LogP contribution in [0.3, 0.4) is 0 Å². The van der Waals surface area contributed by atoms with Crippen molar-refractivity contribution >= 4 is 22.9 Å². The van der Waals surface area contributed by atoms with Gasteiger partial charge in [-0.25, -0.2) is 0 Å². The lowest BCUT2D eigenvalue weighted by atomic mass is 10.0. The van der Waals surface area contributed by atoms with E-state index in [0.29, 0.717) is 0 Å². The van der Waals surface area contributed by atoms with Crippen molar-refractivity contribution in [3.63, 3.8) is 0 Å². The lowest BCUT2D eigenvalue weighted by molar-refractivity contribution is 0.553. The molecule has 98 valence electrons. The van der Waals surface area contributed by atoms with Crippen molar-refractivity contribution in [3.05, 3.63) is 38.8 Å². The third kappa shape index (κ3) is 2.60. The molecule has 0 spiro atoms. The third-order valence-corrected chi connectivity index (χ3v) is 4.19. The van der Waals surface area contributed by atoms with Gasteiger partial charge in [-0.1, -0.05) is 18.5 Å². The maximum Gasteiger partial charge on any atom is 0.0837 e. The molecule has 2 rings (SSSR count). The molecule has 0 fully saturated rings. The Hall–Kier alpha value is -0.840. The Morgan fingerprint density at radius 2 is 2.28 bits per heavy atom. The Balaban J connectivity index is 2.40. The van der Waals surface area contributed by atoms with E-state index in [2.05, 4.69) is 35.0 Å². The predicted molar refractivity (Wildman–Crippen MR) is 77.4 cm³/mol. The first-order valence-corrected chi connectivity index (χ1v) is 7.40. The number of nitrogens with one attached hydrogen (secondary N) is 1. The second-order valence-corrected chi connectivity index (χ2v) is 5.55. The minimum atomic E-state index is 0.121. The molecule has 3 nitrogen and oxygen atoms in total. The van der Waals surface area contributed by atoms with E-state index >= 15 is 0 Å². The SMILES string of the molecule is CCCNC(c1cscc1C)c1c(Cl)cnn1C. The van der Waals surface area contributed by atoms with E-state index in [1.165, 1.54) is 11.1 Å². The molecule has 5 heteroatoms. The van der Waals surface area contributed by atoms with Crippen molar-refractivity contribution in [2.24, 2.45) is 7.05 Å². The minimum absolute atomic E-state index is 0.121. The van der Waals surface area contributed by atoms with E-state index in [0.717, 1.165) is 23.7 Å². The minimum Gasteiger partial charge on any atom is -0.305 e. The average molecular weight is 284 g/mol. The number of hydrogen-bond donors (Lipinski definition) is 1. The summed E-state index contributed by atoms with van der Waals surface area (Å²) < 4.78 is 1.85. The first kappa shape index (κ1) is 13.6. The first-order valence-electron chi connectivity index (χ1n) is 6.08. The highest BCUT2D eigenvalue weighted by Gasteiger charge is 2.22. The van der Waals surface area contributed by atoms with Gasteiger partial charge >= 0.3 is 0 Å². The van der Waals surface area contributed by atoms with E-state index in [4.69, 9.17) is 11.6 Å². The fraction of sp³-hybridized carbons (Fsp3) is 0.462. The zero-order valence-electron chi connectivity index (χ0n) is 10.9. The van der Waals surface area contributed by atoms with Crippen LogP contribution >= 0.6 is 22.9 Å². The van der Waals surface area contributed by atoms with Gasteiger partial charge in [-0.05, 0) is 41.8 Å². The van der Waals surface area contributed by atoms with Crippen LogP contribution in [0.1, 0.15) is 36.2 Å². The third-order valence-electron chi connectivity index (χ3n) is 3.02. The molecule has 0 aromatic carbocycles. The van der Waals surface area contributed by atoms with Gasteiger partial charge in [-0.15, -0.1) is 0 Å². The topological polar surface area (TPSA) is 29.9 Å². The van der Waals surface area contributed by atoms with Crippen molar-refractivity contribution in [3.8, 4) is 0 Å². The van der Waals surface area contributed by atoms with Crippen LogP contribution in [0.15, 0.2) is 17.0 Å². The first-order chi connectivity index (χ1) is 8.65. The number of nitrogens with zero attached hydrogens (tertiary/aromatic N) is 2. The van der Waals surface area contributed by atoms with Gasteiger partial charge in [0.05, 0.1) is 23.0 Å². The second-order valence-electron chi connectivity index (χ2n) is 4.40. The van der Waals surface area contributed by atoms with Gasteiger partial charge in [0.25, 0.3) is 0 Å². The van der Waals surface area contributed by atoms with Gasteiger partial charge < -0.3 is 5.32 Å². The van der Waals surface area contributed by atoms with Gasteiger partial charge in [0, 0.05) is 7.05 Å². The van der Waals surface area contributed by atoms with Crippen LogP contribution in [0.5, 0.6) is 0 Å². The predicted octanol–water partition coefficient (Wildman–Crippen LogP) is 3.53. The molecule has 0 amide bonds. The fourth-order valence-corrected chi connectivity index (χ4v) is 3.21. The zero-order valence-corrected chi connectivity index (χ0v) is 12.5. The van der Waals surface area contributed by atoms with Crippen LogP contribution in [0.4, 0.5) is 0 Å². The smallest absolute Gasteiger partial charge is 0.0837 e. The highest BCUT2D eigenvalue weighted by Crippen LogP contribution is 2.31. The fourth-order valence-electron chi connectivity index (χ4n) is 2.05. The van der Waals surface area contributed by atoms with E-state index in [1.807, 2.05) is 11.7 Å². The maximum atomic E-state index is 6.27. The molecule has 2 aromatic heterocycles. The molecule has 0 radical (unpaired) electrons. The summed E-state index contributed by atoms with van der Waals surface area (Å²) in [6.45, 7) is 5.26. The van der Waals surface area contributed by atoms with Gasteiger partial charge in [0.2, 0.25) is 0 Å². The normalized spacial score (nSPS) is 12.9. The summed E-state index contributed by atoms with van der Waals surface area (Å²) in [5.74, 6) is 0. The Kier molecular flexibility index (Phi) is 4.43. The summed E-state index contributed by atoms with van der Waals surface area (Å²) in [6.07, 6.45) is 2.80. The molecule has 1 N–H and O–H groups in total. The number of aromatic nitrogens is 2. The zero-order chi connectivity index (χ0) is 13.1. The summed E-state index contributed by atoms with van der Waals surface area (Å²) in [5, 5.41) is 12.9. The van der Waals surface area contributed by atoms with Crippen molar-refractivity contribution in [2.45, 2.75) is 26.3 Å². The number of aryl methyl sites for hydroxylation is 2. The maximum absolute atomic E-state index is 6.27. The van der Waals surface area contributed by atoms with Crippen LogP contribution in [0, 0.1) is 6.92 Å². The molecular formula is C13H18ClN3S. The Morgan fingerprint density at radius 1 is 1.50 bits per heavy atom. The molecule has 0 aliphatic carbocycles. The highest BCUT2D eigenvalue weighted by molar-refractivity contribution is 7.08. The van der Waals surface area contributed by atoms with E-state index in [-0.39, 0.29) is 6.04 Å². The van der Waals surface area contributed by atoms with Crippen molar-refractivity contribution in [2.75, 3.05) is 6.54 Å². The standard InChI is InChI=1S/C13H18ClN3S/c1-4-5-15-12(10-8-18-7-9(10)2)13-11(14)6-16-17(13)3/h6-8,12,15H,4-5H2,1-3H3. The van der Waals surface area contributed by atoms with Crippen LogP contribution < -0.4 is 5.32 Å².